The highest BCUT2D eigenvalue weighted by Gasteiger charge is 2.54. The van der Waals surface area contributed by atoms with E-state index in [-0.39, 0.29) is 18.2 Å². The van der Waals surface area contributed by atoms with Crippen LogP contribution in [0.3, 0.4) is 0 Å². The Bertz CT molecular complexity index is 753. The zero-order valence-corrected chi connectivity index (χ0v) is 16.8. The van der Waals surface area contributed by atoms with Crippen molar-refractivity contribution in [1.82, 2.24) is 0 Å². The molecule has 0 saturated carbocycles. The number of rotatable bonds is 5. The quantitative estimate of drug-likeness (QED) is 0.564. The molecule has 1 aromatic heterocycles. The van der Waals surface area contributed by atoms with Gasteiger partial charge in [-0.3, -0.25) is 4.79 Å². The molecule has 0 bridgehead atoms. The number of ether oxygens (including phenoxy) is 1. The minimum Gasteiger partial charge on any atom is -0.469 e. The number of thiophene rings is 1. The number of hydrogen-bond donors (Lipinski definition) is 0. The fourth-order valence-corrected chi connectivity index (χ4v) is 4.08. The number of carbonyl (C=O) groups excluding carboxylic acids is 1. The van der Waals surface area contributed by atoms with Crippen LogP contribution in [0.2, 0.25) is 0 Å². The number of carbonyl (C=O) groups is 1. The molecule has 1 saturated heterocycles. The van der Waals surface area contributed by atoms with Crippen molar-refractivity contribution in [2.24, 2.45) is 0 Å². The molecular formula is C20H25BO4S. The average Bonchev–Trinajstić information content (AvgIpc) is 3.16. The van der Waals surface area contributed by atoms with E-state index >= 15 is 0 Å². The Hall–Kier alpha value is -1.63. The second kappa shape index (κ2) is 7.18. The molecule has 6 heteroatoms. The minimum atomic E-state index is -0.485. The van der Waals surface area contributed by atoms with Crippen LogP contribution < -0.4 is 0 Å². The standard InChI is InChI=1S/C20H25BO4S/c1-19(2)20(3,4)25-21(24-19)15(13-18(22)23-5)17-12-11-16(26-17)14-9-7-6-8-10-14/h6-12,15H,13H2,1-5H3. The van der Waals surface area contributed by atoms with E-state index in [1.165, 1.54) is 7.11 Å². The zero-order chi connectivity index (χ0) is 18.9. The van der Waals surface area contributed by atoms with E-state index in [1.807, 2.05) is 45.9 Å². The van der Waals surface area contributed by atoms with Crippen molar-refractivity contribution in [2.45, 2.75) is 51.1 Å². The summed E-state index contributed by atoms with van der Waals surface area (Å²) in [5.74, 6) is -0.467. The first-order chi connectivity index (χ1) is 12.2. The van der Waals surface area contributed by atoms with Gasteiger partial charge in [0.1, 0.15) is 0 Å². The lowest BCUT2D eigenvalue weighted by Gasteiger charge is -2.32. The first-order valence-electron chi connectivity index (χ1n) is 8.81. The summed E-state index contributed by atoms with van der Waals surface area (Å²) in [5, 5.41) is 0. The summed E-state index contributed by atoms with van der Waals surface area (Å²) in [7, 11) is 0.925. The van der Waals surface area contributed by atoms with Crippen molar-refractivity contribution in [2.75, 3.05) is 7.11 Å². The van der Waals surface area contributed by atoms with Crippen LogP contribution in [0.5, 0.6) is 0 Å². The van der Waals surface area contributed by atoms with Crippen molar-refractivity contribution in [1.29, 1.82) is 0 Å². The Labute approximate surface area is 159 Å². The van der Waals surface area contributed by atoms with Gasteiger partial charge >= 0.3 is 13.1 Å². The fourth-order valence-electron chi connectivity index (χ4n) is 2.96. The average molecular weight is 372 g/mol. The molecule has 2 heterocycles. The van der Waals surface area contributed by atoms with Crippen LogP contribution in [-0.2, 0) is 18.8 Å². The Balaban J connectivity index is 1.90. The Morgan fingerprint density at radius 1 is 1.08 bits per heavy atom. The molecule has 2 aromatic rings. The third-order valence-electron chi connectivity index (χ3n) is 5.26. The highest BCUT2D eigenvalue weighted by Crippen LogP contribution is 2.44. The van der Waals surface area contributed by atoms with Gasteiger partial charge in [-0.05, 0) is 45.4 Å². The molecule has 0 spiro atoms. The lowest BCUT2D eigenvalue weighted by Crippen LogP contribution is -2.41. The first-order valence-corrected chi connectivity index (χ1v) is 9.63. The summed E-state index contributed by atoms with van der Waals surface area (Å²) in [6.07, 6.45) is 0.224. The Morgan fingerprint density at radius 2 is 1.69 bits per heavy atom. The van der Waals surface area contributed by atoms with Crippen LogP contribution in [-0.4, -0.2) is 31.4 Å². The van der Waals surface area contributed by atoms with Gasteiger partial charge < -0.3 is 14.0 Å². The van der Waals surface area contributed by atoms with Gasteiger partial charge in [0.05, 0.1) is 24.7 Å². The van der Waals surface area contributed by atoms with Crippen LogP contribution in [0, 0.1) is 0 Å². The van der Waals surface area contributed by atoms with E-state index in [0.717, 1.165) is 15.3 Å². The van der Waals surface area contributed by atoms with E-state index in [4.69, 9.17) is 14.0 Å². The van der Waals surface area contributed by atoms with Crippen molar-refractivity contribution >= 4 is 24.4 Å². The second-order valence-corrected chi connectivity index (χ2v) is 8.69. The van der Waals surface area contributed by atoms with Crippen LogP contribution in [0.4, 0.5) is 0 Å². The maximum Gasteiger partial charge on any atom is 0.467 e. The molecular weight excluding hydrogens is 347 g/mol. The molecule has 1 unspecified atom stereocenters. The lowest BCUT2D eigenvalue weighted by atomic mass is 9.69. The van der Waals surface area contributed by atoms with Crippen molar-refractivity contribution in [3.05, 3.63) is 47.3 Å². The van der Waals surface area contributed by atoms with E-state index in [1.54, 1.807) is 11.3 Å². The lowest BCUT2D eigenvalue weighted by molar-refractivity contribution is -0.140. The van der Waals surface area contributed by atoms with Crippen molar-refractivity contribution in [3.8, 4) is 10.4 Å². The Kier molecular flexibility index (Phi) is 5.29. The third kappa shape index (κ3) is 3.73. The first kappa shape index (κ1) is 19.1. The smallest absolute Gasteiger partial charge is 0.467 e. The largest absolute Gasteiger partial charge is 0.469 e. The summed E-state index contributed by atoms with van der Waals surface area (Å²) >= 11 is 1.67. The summed E-state index contributed by atoms with van der Waals surface area (Å²) in [4.78, 5) is 14.2. The molecule has 0 radical (unpaired) electrons. The molecule has 26 heavy (non-hydrogen) atoms. The van der Waals surface area contributed by atoms with Gasteiger partial charge in [0.15, 0.2) is 0 Å². The predicted molar refractivity (Wildman–Crippen MR) is 105 cm³/mol. The van der Waals surface area contributed by atoms with Gasteiger partial charge in [-0.1, -0.05) is 30.3 Å². The third-order valence-corrected chi connectivity index (χ3v) is 6.53. The summed E-state index contributed by atoms with van der Waals surface area (Å²) in [6.45, 7) is 8.08. The second-order valence-electron chi connectivity index (χ2n) is 7.58. The van der Waals surface area contributed by atoms with Gasteiger partial charge in [-0.2, -0.15) is 0 Å². The van der Waals surface area contributed by atoms with Crippen LogP contribution in [0.15, 0.2) is 42.5 Å². The number of esters is 1. The molecule has 1 aromatic carbocycles. The minimum absolute atomic E-state index is 0.203. The van der Waals surface area contributed by atoms with Crippen molar-refractivity contribution in [3.63, 3.8) is 0 Å². The number of benzene rings is 1. The van der Waals surface area contributed by atoms with Crippen LogP contribution in [0.1, 0.15) is 44.8 Å². The molecule has 0 aliphatic carbocycles. The topological polar surface area (TPSA) is 44.8 Å². The molecule has 0 N–H and O–H groups in total. The highest BCUT2D eigenvalue weighted by atomic mass is 32.1. The van der Waals surface area contributed by atoms with Gasteiger partial charge in [-0.25, -0.2) is 0 Å². The molecule has 1 aliphatic rings. The molecule has 138 valence electrons. The predicted octanol–water partition coefficient (Wildman–Crippen LogP) is 4.69. The molecule has 1 aliphatic heterocycles. The molecule has 3 rings (SSSR count). The molecule has 4 nitrogen and oxygen atoms in total. The molecule has 1 atom stereocenters. The van der Waals surface area contributed by atoms with Gasteiger partial charge in [0.25, 0.3) is 0 Å². The monoisotopic (exact) mass is 372 g/mol. The summed E-state index contributed by atoms with van der Waals surface area (Å²) in [5.41, 5.74) is 0.284. The Morgan fingerprint density at radius 3 is 2.27 bits per heavy atom. The fraction of sp³-hybridized carbons (Fsp3) is 0.450. The normalized spacial score (nSPS) is 19.3. The van der Waals surface area contributed by atoms with E-state index in [0.29, 0.717) is 0 Å². The van der Waals surface area contributed by atoms with Crippen LogP contribution in [0.25, 0.3) is 10.4 Å². The van der Waals surface area contributed by atoms with E-state index in [2.05, 4.69) is 24.3 Å². The van der Waals surface area contributed by atoms with Crippen LogP contribution >= 0.6 is 11.3 Å². The van der Waals surface area contributed by atoms with Crippen molar-refractivity contribution < 1.29 is 18.8 Å². The summed E-state index contributed by atoms with van der Waals surface area (Å²) in [6, 6.07) is 14.4. The van der Waals surface area contributed by atoms with E-state index < -0.39 is 18.3 Å². The zero-order valence-electron chi connectivity index (χ0n) is 15.9. The molecule has 0 amide bonds. The van der Waals surface area contributed by atoms with Gasteiger partial charge in [0, 0.05) is 15.6 Å². The maximum absolute atomic E-state index is 12.0. The number of hydrogen-bond acceptors (Lipinski definition) is 5. The summed E-state index contributed by atoms with van der Waals surface area (Å²) < 4.78 is 17.3. The molecule has 1 fully saturated rings. The number of methoxy groups -OCH3 is 1. The maximum atomic E-state index is 12.0. The highest BCUT2D eigenvalue weighted by molar-refractivity contribution is 7.15. The SMILES string of the molecule is COC(=O)CC(B1OC(C)(C)C(C)(C)O1)c1ccc(-c2ccccc2)s1. The van der Waals surface area contributed by atoms with Gasteiger partial charge in [-0.15, -0.1) is 11.3 Å². The van der Waals surface area contributed by atoms with Gasteiger partial charge in [0.2, 0.25) is 0 Å². The van der Waals surface area contributed by atoms with E-state index in [9.17, 15) is 4.79 Å².